The van der Waals surface area contributed by atoms with Crippen molar-refractivity contribution >= 4 is 5.69 Å². The van der Waals surface area contributed by atoms with Gasteiger partial charge in [0.1, 0.15) is 5.82 Å². The van der Waals surface area contributed by atoms with Crippen LogP contribution in [0.1, 0.15) is 18.4 Å². The second kappa shape index (κ2) is 5.71. The monoisotopic (exact) mass is 210 g/mol. The zero-order valence-electron chi connectivity index (χ0n) is 9.46. The lowest BCUT2D eigenvalue weighted by Gasteiger charge is -2.17. The largest absolute Gasteiger partial charge is 0.377 e. The van der Waals surface area contributed by atoms with Crippen LogP contribution in [-0.2, 0) is 6.42 Å². The van der Waals surface area contributed by atoms with E-state index >= 15 is 0 Å². The van der Waals surface area contributed by atoms with Gasteiger partial charge in [0.2, 0.25) is 0 Å². The van der Waals surface area contributed by atoms with Gasteiger partial charge < -0.3 is 10.6 Å². The van der Waals surface area contributed by atoms with Crippen LogP contribution in [0.3, 0.4) is 0 Å². The molecule has 0 aliphatic rings. The zero-order chi connectivity index (χ0) is 11.3. The van der Waals surface area contributed by atoms with E-state index in [4.69, 9.17) is 5.73 Å². The fourth-order valence-corrected chi connectivity index (χ4v) is 1.66. The van der Waals surface area contributed by atoms with E-state index < -0.39 is 0 Å². The summed E-state index contributed by atoms with van der Waals surface area (Å²) in [6.07, 6.45) is 2.65. The van der Waals surface area contributed by atoms with E-state index in [1.807, 2.05) is 25.1 Å². The number of rotatable bonds is 5. The van der Waals surface area contributed by atoms with Crippen molar-refractivity contribution in [2.24, 2.45) is 5.73 Å². The lowest BCUT2D eigenvalue weighted by molar-refractivity contribution is 0.600. The van der Waals surface area contributed by atoms with Crippen molar-refractivity contribution in [3.63, 3.8) is 0 Å². The smallest absolute Gasteiger partial charge is 0.128 e. The van der Waals surface area contributed by atoms with E-state index in [1.54, 1.807) is 6.07 Å². The molecule has 84 valence electrons. The highest BCUT2D eigenvalue weighted by Crippen LogP contribution is 2.23. The fourth-order valence-electron chi connectivity index (χ4n) is 1.66. The van der Waals surface area contributed by atoms with Crippen LogP contribution < -0.4 is 10.6 Å². The van der Waals surface area contributed by atoms with Crippen LogP contribution >= 0.6 is 0 Å². The Morgan fingerprint density at radius 1 is 1.27 bits per heavy atom. The lowest BCUT2D eigenvalue weighted by atomic mass is 10.0. The average Bonchev–Trinajstić information content (AvgIpc) is 2.20. The van der Waals surface area contributed by atoms with Crippen molar-refractivity contribution in [1.82, 2.24) is 0 Å². The molecule has 0 bridgehead atoms. The first-order valence-electron chi connectivity index (χ1n) is 5.31. The molecular weight excluding hydrogens is 191 g/mol. The summed E-state index contributed by atoms with van der Waals surface area (Å²) in [5.41, 5.74) is 7.19. The van der Waals surface area contributed by atoms with Gasteiger partial charge in [-0.1, -0.05) is 6.07 Å². The average molecular weight is 210 g/mol. The molecule has 0 saturated heterocycles. The summed E-state index contributed by atoms with van der Waals surface area (Å²) >= 11 is 0. The molecule has 0 fully saturated rings. The maximum atomic E-state index is 13.6. The molecule has 1 aromatic rings. The van der Waals surface area contributed by atoms with Crippen LogP contribution in [0.2, 0.25) is 0 Å². The number of hydrogen-bond donors (Lipinski definition) is 1. The van der Waals surface area contributed by atoms with Crippen molar-refractivity contribution < 1.29 is 4.39 Å². The highest BCUT2D eigenvalue weighted by molar-refractivity contribution is 5.53. The van der Waals surface area contributed by atoms with Crippen LogP contribution in [0, 0.1) is 5.82 Å². The molecule has 0 amide bonds. The Labute approximate surface area is 90.9 Å². The van der Waals surface area contributed by atoms with Gasteiger partial charge in [-0.25, -0.2) is 4.39 Å². The number of anilines is 1. The predicted molar refractivity (Wildman–Crippen MR) is 62.7 cm³/mol. The number of benzene rings is 1. The second-order valence-corrected chi connectivity index (χ2v) is 3.88. The Bertz CT molecular complexity index is 310. The highest BCUT2D eigenvalue weighted by atomic mass is 19.1. The molecule has 0 unspecified atom stereocenters. The third-order valence-electron chi connectivity index (χ3n) is 2.46. The molecule has 1 aromatic carbocycles. The molecule has 0 saturated carbocycles. The van der Waals surface area contributed by atoms with Crippen molar-refractivity contribution in [1.29, 1.82) is 0 Å². The first kappa shape index (κ1) is 12.0. The molecule has 0 spiro atoms. The van der Waals surface area contributed by atoms with Crippen molar-refractivity contribution in [2.45, 2.75) is 19.3 Å². The number of halogens is 1. The standard InChI is InChI=1S/C12H19FN2/c1-15(2)12-8-5-7-11(13)10(12)6-3-4-9-14/h5,7-8H,3-4,6,9,14H2,1-2H3. The van der Waals surface area contributed by atoms with Gasteiger partial charge in [-0.3, -0.25) is 0 Å². The Hall–Kier alpha value is -1.09. The van der Waals surface area contributed by atoms with Gasteiger partial charge in [0.05, 0.1) is 0 Å². The molecule has 0 atom stereocenters. The van der Waals surface area contributed by atoms with E-state index in [2.05, 4.69) is 0 Å². The summed E-state index contributed by atoms with van der Waals surface area (Å²) in [6, 6.07) is 5.21. The SMILES string of the molecule is CN(C)c1cccc(F)c1CCCCN. The van der Waals surface area contributed by atoms with Crippen molar-refractivity contribution in [2.75, 3.05) is 25.5 Å². The van der Waals surface area contributed by atoms with Crippen LogP contribution in [0.25, 0.3) is 0 Å². The van der Waals surface area contributed by atoms with Crippen LogP contribution in [0.4, 0.5) is 10.1 Å². The Kier molecular flexibility index (Phi) is 4.56. The molecular formula is C12H19FN2. The minimum absolute atomic E-state index is 0.113. The minimum atomic E-state index is -0.113. The van der Waals surface area contributed by atoms with Gasteiger partial charge in [0.25, 0.3) is 0 Å². The summed E-state index contributed by atoms with van der Waals surface area (Å²) in [4.78, 5) is 1.95. The van der Waals surface area contributed by atoms with E-state index in [9.17, 15) is 4.39 Å². The zero-order valence-corrected chi connectivity index (χ0v) is 9.46. The van der Waals surface area contributed by atoms with Gasteiger partial charge in [0, 0.05) is 25.3 Å². The fraction of sp³-hybridized carbons (Fsp3) is 0.500. The first-order chi connectivity index (χ1) is 7.16. The maximum absolute atomic E-state index is 13.6. The molecule has 0 aliphatic carbocycles. The molecule has 0 aromatic heterocycles. The predicted octanol–water partition coefficient (Wildman–Crippen LogP) is 2.17. The van der Waals surface area contributed by atoms with Gasteiger partial charge in [-0.2, -0.15) is 0 Å². The third kappa shape index (κ3) is 3.20. The Balaban J connectivity index is 2.82. The van der Waals surface area contributed by atoms with Gasteiger partial charge in [-0.05, 0) is 37.9 Å². The van der Waals surface area contributed by atoms with Gasteiger partial charge >= 0.3 is 0 Å². The third-order valence-corrected chi connectivity index (χ3v) is 2.46. The maximum Gasteiger partial charge on any atom is 0.128 e. The first-order valence-corrected chi connectivity index (χ1v) is 5.31. The Morgan fingerprint density at radius 2 is 2.00 bits per heavy atom. The molecule has 1 rings (SSSR count). The summed E-state index contributed by atoms with van der Waals surface area (Å²) in [7, 11) is 3.86. The van der Waals surface area contributed by atoms with Crippen LogP contribution in [0.15, 0.2) is 18.2 Å². The molecule has 2 nitrogen and oxygen atoms in total. The number of nitrogens with two attached hydrogens (primary N) is 1. The molecule has 0 aliphatic heterocycles. The normalized spacial score (nSPS) is 10.4. The van der Waals surface area contributed by atoms with Gasteiger partial charge in [0.15, 0.2) is 0 Å². The van der Waals surface area contributed by atoms with E-state index in [1.165, 1.54) is 6.07 Å². The summed E-state index contributed by atoms with van der Waals surface area (Å²) < 4.78 is 13.6. The lowest BCUT2D eigenvalue weighted by Crippen LogP contribution is -2.12. The quantitative estimate of drug-likeness (QED) is 0.755. The molecule has 2 N–H and O–H groups in total. The van der Waals surface area contributed by atoms with E-state index in [0.29, 0.717) is 6.54 Å². The van der Waals surface area contributed by atoms with Crippen LogP contribution in [0.5, 0.6) is 0 Å². The molecule has 0 heterocycles. The summed E-state index contributed by atoms with van der Waals surface area (Å²) in [6.45, 7) is 0.672. The summed E-state index contributed by atoms with van der Waals surface area (Å²) in [5.74, 6) is -0.113. The molecule has 3 heteroatoms. The van der Waals surface area contributed by atoms with Crippen LogP contribution in [-0.4, -0.2) is 20.6 Å². The molecule has 15 heavy (non-hydrogen) atoms. The van der Waals surface area contributed by atoms with Gasteiger partial charge in [-0.15, -0.1) is 0 Å². The number of unbranched alkanes of at least 4 members (excludes halogenated alkanes) is 1. The minimum Gasteiger partial charge on any atom is -0.377 e. The topological polar surface area (TPSA) is 29.3 Å². The highest BCUT2D eigenvalue weighted by Gasteiger charge is 2.08. The number of hydrogen-bond acceptors (Lipinski definition) is 2. The summed E-state index contributed by atoms with van der Waals surface area (Å²) in [5, 5.41) is 0. The van der Waals surface area contributed by atoms with Crippen molar-refractivity contribution in [3.05, 3.63) is 29.6 Å². The second-order valence-electron chi connectivity index (χ2n) is 3.88. The van der Waals surface area contributed by atoms with E-state index in [0.717, 1.165) is 30.5 Å². The molecule has 0 radical (unpaired) electrons. The Morgan fingerprint density at radius 3 is 2.60 bits per heavy atom. The van der Waals surface area contributed by atoms with E-state index in [-0.39, 0.29) is 5.82 Å². The van der Waals surface area contributed by atoms with Crippen molar-refractivity contribution in [3.8, 4) is 0 Å². The number of nitrogens with zero attached hydrogens (tertiary/aromatic N) is 1.